The summed E-state index contributed by atoms with van der Waals surface area (Å²) < 4.78 is 16.9. The Morgan fingerprint density at radius 2 is 0.494 bits per heavy atom. The molecule has 0 fully saturated rings. The lowest BCUT2D eigenvalue weighted by molar-refractivity contribution is -0.167. The van der Waals surface area contributed by atoms with Crippen molar-refractivity contribution in [2.24, 2.45) is 0 Å². The molecule has 0 heterocycles. The highest BCUT2D eigenvalue weighted by molar-refractivity contribution is 5.71. The summed E-state index contributed by atoms with van der Waals surface area (Å²) in [6.07, 6.45) is 90.0. The number of ether oxygens (including phenoxy) is 3. The lowest BCUT2D eigenvalue weighted by Gasteiger charge is -2.18. The zero-order chi connectivity index (χ0) is 57.1. The first-order valence-electron chi connectivity index (χ1n) is 33.7. The fourth-order valence-corrected chi connectivity index (χ4v) is 9.60. The molecule has 0 amide bonds. The number of unbranched alkanes of at least 4 members (excludes halogenated alkanes) is 34. The Balaban J connectivity index is 4.27. The van der Waals surface area contributed by atoms with Crippen LogP contribution < -0.4 is 0 Å². The van der Waals surface area contributed by atoms with Crippen LogP contribution in [-0.2, 0) is 28.6 Å². The number of allylic oxidation sites excluding steroid dienone is 16. The lowest BCUT2D eigenvalue weighted by atomic mass is 10.0. The molecular weight excluding hydrogens is 973 g/mol. The maximum Gasteiger partial charge on any atom is 0.306 e. The van der Waals surface area contributed by atoms with Crippen LogP contribution >= 0.6 is 0 Å². The molecule has 454 valence electrons. The standard InChI is InChI=1S/C73H126O6/c1-4-7-10-13-16-19-22-25-28-30-31-32-33-34-35-36-37-38-39-40-41-43-45-48-51-54-57-60-63-66-72(75)78-69-70(68-77-71(74)65-62-59-56-53-50-47-44-27-24-21-18-15-12-9-6-3)79-73(76)67-64-61-58-55-52-49-46-42-29-26-23-20-17-14-11-8-5-2/h7-8,10-11,16-17,19-20,25-26,28-29,31-32,46,49,70H,4-6,9,12-15,18,21-24,27,30,33-45,47-48,50-69H2,1-3H3/b10-7-,11-8-,19-16-,20-17-,28-25-,29-26-,32-31-,49-46-. The maximum atomic E-state index is 12.9. The Morgan fingerprint density at radius 1 is 0.266 bits per heavy atom. The second kappa shape index (κ2) is 66.8. The molecule has 0 rings (SSSR count). The van der Waals surface area contributed by atoms with E-state index < -0.39 is 6.10 Å². The minimum atomic E-state index is -0.789. The summed E-state index contributed by atoms with van der Waals surface area (Å²) >= 11 is 0. The van der Waals surface area contributed by atoms with E-state index in [1.165, 1.54) is 167 Å². The molecule has 0 bridgehead atoms. The first kappa shape index (κ1) is 75.3. The van der Waals surface area contributed by atoms with Crippen LogP contribution in [0.1, 0.15) is 329 Å². The predicted octanol–water partition coefficient (Wildman–Crippen LogP) is 23.2. The molecule has 1 atom stereocenters. The van der Waals surface area contributed by atoms with Crippen molar-refractivity contribution in [2.75, 3.05) is 13.2 Å². The predicted molar refractivity (Wildman–Crippen MR) is 344 cm³/mol. The van der Waals surface area contributed by atoms with Crippen LogP contribution in [0.3, 0.4) is 0 Å². The highest BCUT2D eigenvalue weighted by atomic mass is 16.6. The van der Waals surface area contributed by atoms with Gasteiger partial charge in [-0.1, -0.05) is 311 Å². The third-order valence-corrected chi connectivity index (χ3v) is 14.6. The minimum Gasteiger partial charge on any atom is -0.462 e. The zero-order valence-corrected chi connectivity index (χ0v) is 52.1. The molecule has 0 N–H and O–H groups in total. The third-order valence-electron chi connectivity index (χ3n) is 14.6. The molecule has 0 spiro atoms. The molecule has 6 nitrogen and oxygen atoms in total. The van der Waals surface area contributed by atoms with Crippen LogP contribution in [-0.4, -0.2) is 37.2 Å². The highest BCUT2D eigenvalue weighted by Gasteiger charge is 2.19. The van der Waals surface area contributed by atoms with Crippen molar-refractivity contribution in [1.29, 1.82) is 0 Å². The summed E-state index contributed by atoms with van der Waals surface area (Å²) in [6, 6.07) is 0. The van der Waals surface area contributed by atoms with Gasteiger partial charge in [0.1, 0.15) is 13.2 Å². The third kappa shape index (κ3) is 65.0. The molecule has 0 aromatic rings. The molecule has 0 aliphatic heterocycles. The molecule has 0 aliphatic carbocycles. The fraction of sp³-hybridized carbons (Fsp3) is 0.740. The molecule has 6 heteroatoms. The summed E-state index contributed by atoms with van der Waals surface area (Å²) in [5.74, 6) is -0.891. The first-order valence-corrected chi connectivity index (χ1v) is 33.7. The number of hydrogen-bond acceptors (Lipinski definition) is 6. The van der Waals surface area contributed by atoms with Crippen LogP contribution in [0.15, 0.2) is 97.2 Å². The van der Waals surface area contributed by atoms with E-state index >= 15 is 0 Å². The van der Waals surface area contributed by atoms with Gasteiger partial charge in [-0.15, -0.1) is 0 Å². The Morgan fingerprint density at radius 3 is 0.772 bits per heavy atom. The van der Waals surface area contributed by atoms with Crippen molar-refractivity contribution >= 4 is 17.9 Å². The van der Waals surface area contributed by atoms with Crippen LogP contribution in [0.4, 0.5) is 0 Å². The quantitative estimate of drug-likeness (QED) is 0.0261. The van der Waals surface area contributed by atoms with E-state index in [4.69, 9.17) is 14.2 Å². The topological polar surface area (TPSA) is 78.9 Å². The largest absolute Gasteiger partial charge is 0.462 e. The molecule has 0 radical (unpaired) electrons. The first-order chi connectivity index (χ1) is 39.0. The average molecular weight is 1100 g/mol. The molecule has 0 aromatic heterocycles. The van der Waals surface area contributed by atoms with Gasteiger partial charge in [0, 0.05) is 19.3 Å². The minimum absolute atomic E-state index is 0.0833. The number of hydrogen-bond donors (Lipinski definition) is 0. The summed E-state index contributed by atoms with van der Waals surface area (Å²) in [7, 11) is 0. The number of carbonyl (C=O) groups excluding carboxylic acids is 3. The van der Waals surface area contributed by atoms with Crippen molar-refractivity contribution < 1.29 is 28.6 Å². The van der Waals surface area contributed by atoms with Crippen LogP contribution in [0.25, 0.3) is 0 Å². The van der Waals surface area contributed by atoms with Gasteiger partial charge in [-0.2, -0.15) is 0 Å². The van der Waals surface area contributed by atoms with E-state index in [1.807, 2.05) is 0 Å². The monoisotopic (exact) mass is 1100 g/mol. The average Bonchev–Trinajstić information content (AvgIpc) is 3.45. The second-order valence-corrected chi connectivity index (χ2v) is 22.3. The van der Waals surface area contributed by atoms with Gasteiger partial charge in [0.05, 0.1) is 0 Å². The Hall–Kier alpha value is -3.67. The Bertz CT molecular complexity index is 1540. The van der Waals surface area contributed by atoms with Gasteiger partial charge in [0.25, 0.3) is 0 Å². The van der Waals surface area contributed by atoms with Crippen molar-refractivity contribution in [3.8, 4) is 0 Å². The molecule has 0 aromatic carbocycles. The van der Waals surface area contributed by atoms with Gasteiger partial charge in [0.15, 0.2) is 6.10 Å². The van der Waals surface area contributed by atoms with Crippen molar-refractivity contribution in [2.45, 2.75) is 335 Å². The number of rotatable bonds is 61. The molecule has 1 unspecified atom stereocenters. The summed E-state index contributed by atoms with van der Waals surface area (Å²) in [6.45, 7) is 6.43. The van der Waals surface area contributed by atoms with Crippen LogP contribution in [0, 0.1) is 0 Å². The lowest BCUT2D eigenvalue weighted by Crippen LogP contribution is -2.30. The van der Waals surface area contributed by atoms with Crippen molar-refractivity contribution in [1.82, 2.24) is 0 Å². The molecular formula is C73H126O6. The van der Waals surface area contributed by atoms with Crippen molar-refractivity contribution in [3.63, 3.8) is 0 Å². The van der Waals surface area contributed by atoms with Gasteiger partial charge in [-0.3, -0.25) is 14.4 Å². The fourth-order valence-electron chi connectivity index (χ4n) is 9.60. The molecule has 0 aliphatic rings. The maximum absolute atomic E-state index is 12.9. The summed E-state index contributed by atoms with van der Waals surface area (Å²) in [4.78, 5) is 38.4. The van der Waals surface area contributed by atoms with E-state index in [9.17, 15) is 14.4 Å². The van der Waals surface area contributed by atoms with Crippen LogP contribution in [0.2, 0.25) is 0 Å². The highest BCUT2D eigenvalue weighted by Crippen LogP contribution is 2.17. The summed E-state index contributed by atoms with van der Waals surface area (Å²) in [5.41, 5.74) is 0. The van der Waals surface area contributed by atoms with Gasteiger partial charge in [-0.05, 0) is 96.3 Å². The zero-order valence-electron chi connectivity index (χ0n) is 52.1. The smallest absolute Gasteiger partial charge is 0.306 e. The normalized spacial score (nSPS) is 12.7. The van der Waals surface area contributed by atoms with E-state index in [1.54, 1.807) is 0 Å². The van der Waals surface area contributed by atoms with Gasteiger partial charge < -0.3 is 14.2 Å². The van der Waals surface area contributed by atoms with E-state index in [0.717, 1.165) is 122 Å². The number of carbonyl (C=O) groups is 3. The van der Waals surface area contributed by atoms with Gasteiger partial charge in [0.2, 0.25) is 0 Å². The Labute approximate surface area is 489 Å². The number of esters is 3. The van der Waals surface area contributed by atoms with Gasteiger partial charge >= 0.3 is 17.9 Å². The summed E-state index contributed by atoms with van der Waals surface area (Å²) in [5, 5.41) is 0. The van der Waals surface area contributed by atoms with E-state index in [0.29, 0.717) is 19.3 Å². The molecule has 0 saturated heterocycles. The van der Waals surface area contributed by atoms with E-state index in [-0.39, 0.29) is 31.1 Å². The molecule has 79 heavy (non-hydrogen) atoms. The Kier molecular flexibility index (Phi) is 63.7. The van der Waals surface area contributed by atoms with Gasteiger partial charge in [-0.25, -0.2) is 0 Å². The SMILES string of the molecule is CC/C=C\C/C=C\C/C=C\C/C=C\CCCCCCCCCCCCCCCCCCC(=O)OCC(COC(=O)CCCCCCCCCCCCCCCCC)OC(=O)CCCCCC/C=C\C/C=C\C/C=C\C/C=C\CC. The van der Waals surface area contributed by atoms with Crippen molar-refractivity contribution in [3.05, 3.63) is 97.2 Å². The molecule has 0 saturated carbocycles. The second-order valence-electron chi connectivity index (χ2n) is 22.3. The van der Waals surface area contributed by atoms with E-state index in [2.05, 4.69) is 118 Å². The van der Waals surface area contributed by atoms with Crippen LogP contribution in [0.5, 0.6) is 0 Å².